The van der Waals surface area contributed by atoms with Crippen molar-refractivity contribution in [3.05, 3.63) is 65.5 Å². The molecule has 0 radical (unpaired) electrons. The zero-order chi connectivity index (χ0) is 13.2. The lowest BCUT2D eigenvalue weighted by atomic mass is 10.0. The van der Waals surface area contributed by atoms with Gasteiger partial charge in [-0.3, -0.25) is 4.98 Å². The summed E-state index contributed by atoms with van der Waals surface area (Å²) in [7, 11) is 0. The molecule has 2 nitrogen and oxygen atoms in total. The molecule has 1 aliphatic carbocycles. The van der Waals surface area contributed by atoms with Crippen LogP contribution in [0.5, 0.6) is 0 Å². The summed E-state index contributed by atoms with van der Waals surface area (Å²) in [5, 5.41) is 10.5. The lowest BCUT2D eigenvalue weighted by molar-refractivity contribution is 0.145. The van der Waals surface area contributed by atoms with Gasteiger partial charge in [-0.1, -0.05) is 43.3 Å². The number of hydrogen-bond donors (Lipinski definition) is 1. The zero-order valence-corrected chi connectivity index (χ0v) is 11.2. The highest BCUT2D eigenvalue weighted by molar-refractivity contribution is 5.30. The Hall–Kier alpha value is -1.67. The predicted molar refractivity (Wildman–Crippen MR) is 75.9 cm³/mol. The molecule has 3 unspecified atom stereocenters. The van der Waals surface area contributed by atoms with Crippen LogP contribution in [0.15, 0.2) is 48.7 Å². The summed E-state index contributed by atoms with van der Waals surface area (Å²) in [5.74, 6) is 0.811. The number of pyridine rings is 1. The standard InChI is InChI=1S/C17H19NO/c1-2-12-9-6-10-18-16(12)17(19)15-11-14(15)13-7-4-3-5-8-13/h3-10,14-15,17,19H,2,11H2,1H3. The maximum absolute atomic E-state index is 10.5. The molecule has 0 spiro atoms. The Morgan fingerprint density at radius 2 is 2.00 bits per heavy atom. The van der Waals surface area contributed by atoms with Gasteiger partial charge in [0.1, 0.15) is 0 Å². The summed E-state index contributed by atoms with van der Waals surface area (Å²) in [6, 6.07) is 14.5. The maximum atomic E-state index is 10.5. The summed E-state index contributed by atoms with van der Waals surface area (Å²) in [4.78, 5) is 4.39. The molecule has 19 heavy (non-hydrogen) atoms. The average molecular weight is 253 g/mol. The van der Waals surface area contributed by atoms with E-state index in [1.807, 2.05) is 12.1 Å². The minimum absolute atomic E-state index is 0.322. The van der Waals surface area contributed by atoms with Crippen LogP contribution in [0, 0.1) is 5.92 Å². The molecule has 0 saturated heterocycles. The zero-order valence-electron chi connectivity index (χ0n) is 11.2. The fraction of sp³-hybridized carbons (Fsp3) is 0.353. The third-order valence-electron chi connectivity index (χ3n) is 4.06. The first-order chi connectivity index (χ1) is 9.31. The summed E-state index contributed by atoms with van der Waals surface area (Å²) < 4.78 is 0. The van der Waals surface area contributed by atoms with Crippen LogP contribution in [0.3, 0.4) is 0 Å². The normalized spacial score (nSPS) is 23.1. The van der Waals surface area contributed by atoms with E-state index in [1.165, 1.54) is 5.56 Å². The number of benzene rings is 1. The van der Waals surface area contributed by atoms with E-state index in [0.717, 1.165) is 24.1 Å². The Balaban J connectivity index is 1.78. The highest BCUT2D eigenvalue weighted by atomic mass is 16.3. The minimum atomic E-state index is -0.429. The number of aromatic nitrogens is 1. The lowest BCUT2D eigenvalue weighted by Crippen LogP contribution is -2.07. The van der Waals surface area contributed by atoms with Crippen molar-refractivity contribution in [3.8, 4) is 0 Å². The van der Waals surface area contributed by atoms with Crippen LogP contribution in [-0.4, -0.2) is 10.1 Å². The third-order valence-corrected chi connectivity index (χ3v) is 4.06. The van der Waals surface area contributed by atoms with Gasteiger partial charge in [0.15, 0.2) is 0 Å². The molecule has 0 aliphatic heterocycles. The molecule has 0 amide bonds. The van der Waals surface area contributed by atoms with Crippen molar-refractivity contribution in [3.63, 3.8) is 0 Å². The van der Waals surface area contributed by atoms with Gasteiger partial charge < -0.3 is 5.11 Å². The molecular weight excluding hydrogens is 234 g/mol. The van der Waals surface area contributed by atoms with Crippen molar-refractivity contribution in [2.24, 2.45) is 5.92 Å². The quantitative estimate of drug-likeness (QED) is 0.905. The highest BCUT2D eigenvalue weighted by Gasteiger charge is 2.44. The van der Waals surface area contributed by atoms with Gasteiger partial charge in [-0.2, -0.15) is 0 Å². The summed E-state index contributed by atoms with van der Waals surface area (Å²) in [6.45, 7) is 2.11. The van der Waals surface area contributed by atoms with Crippen molar-refractivity contribution < 1.29 is 5.11 Å². The Morgan fingerprint density at radius 3 is 2.74 bits per heavy atom. The average Bonchev–Trinajstić information content (AvgIpc) is 3.28. The van der Waals surface area contributed by atoms with Gasteiger partial charge in [0.2, 0.25) is 0 Å². The lowest BCUT2D eigenvalue weighted by Gasteiger charge is -2.13. The molecular formula is C17H19NO. The second-order valence-electron chi connectivity index (χ2n) is 5.26. The number of hydrogen-bond acceptors (Lipinski definition) is 2. The first-order valence-corrected chi connectivity index (χ1v) is 6.98. The largest absolute Gasteiger partial charge is 0.386 e. The van der Waals surface area contributed by atoms with E-state index in [9.17, 15) is 5.11 Å². The van der Waals surface area contributed by atoms with Crippen LogP contribution in [0.2, 0.25) is 0 Å². The monoisotopic (exact) mass is 253 g/mol. The van der Waals surface area contributed by atoms with E-state index in [2.05, 4.69) is 42.2 Å². The number of aliphatic hydroxyl groups is 1. The number of aliphatic hydroxyl groups excluding tert-OH is 1. The van der Waals surface area contributed by atoms with Crippen molar-refractivity contribution in [2.45, 2.75) is 31.8 Å². The van der Waals surface area contributed by atoms with Gasteiger partial charge in [0.05, 0.1) is 11.8 Å². The van der Waals surface area contributed by atoms with E-state index in [0.29, 0.717) is 11.8 Å². The summed E-state index contributed by atoms with van der Waals surface area (Å²) >= 11 is 0. The Kier molecular flexibility index (Phi) is 3.34. The topological polar surface area (TPSA) is 33.1 Å². The fourth-order valence-corrected chi connectivity index (χ4v) is 2.87. The van der Waals surface area contributed by atoms with Gasteiger partial charge in [0.25, 0.3) is 0 Å². The Bertz CT molecular complexity index is 552. The third kappa shape index (κ3) is 2.41. The van der Waals surface area contributed by atoms with Crippen LogP contribution in [0.1, 0.15) is 42.2 Å². The van der Waals surface area contributed by atoms with Crippen molar-refractivity contribution >= 4 is 0 Å². The van der Waals surface area contributed by atoms with E-state index >= 15 is 0 Å². The number of rotatable bonds is 4. The van der Waals surface area contributed by atoms with Crippen LogP contribution in [0.25, 0.3) is 0 Å². The smallest absolute Gasteiger partial charge is 0.0996 e. The Labute approximate surface area is 114 Å². The SMILES string of the molecule is CCc1cccnc1C(O)C1CC1c1ccccc1. The Morgan fingerprint density at radius 1 is 1.21 bits per heavy atom. The highest BCUT2D eigenvalue weighted by Crippen LogP contribution is 2.54. The maximum Gasteiger partial charge on any atom is 0.0996 e. The van der Waals surface area contributed by atoms with Gasteiger partial charge in [-0.05, 0) is 41.9 Å². The van der Waals surface area contributed by atoms with Crippen molar-refractivity contribution in [1.82, 2.24) is 4.98 Å². The summed E-state index contributed by atoms with van der Waals surface area (Å²) in [5.41, 5.74) is 3.36. The van der Waals surface area contributed by atoms with Gasteiger partial charge in [-0.15, -0.1) is 0 Å². The molecule has 3 atom stereocenters. The first-order valence-electron chi connectivity index (χ1n) is 6.98. The van der Waals surface area contributed by atoms with Gasteiger partial charge in [0, 0.05) is 6.20 Å². The molecule has 1 aromatic heterocycles. The first kappa shape index (κ1) is 12.4. The second-order valence-corrected chi connectivity index (χ2v) is 5.26. The van der Waals surface area contributed by atoms with Crippen LogP contribution in [0.4, 0.5) is 0 Å². The molecule has 1 aliphatic rings. The minimum Gasteiger partial charge on any atom is -0.386 e. The second kappa shape index (κ2) is 5.14. The molecule has 1 N–H and O–H groups in total. The molecule has 2 aromatic rings. The molecule has 0 bridgehead atoms. The fourth-order valence-electron chi connectivity index (χ4n) is 2.87. The number of nitrogens with zero attached hydrogens (tertiary/aromatic N) is 1. The van der Waals surface area contributed by atoms with Crippen LogP contribution >= 0.6 is 0 Å². The number of aryl methyl sites for hydroxylation is 1. The molecule has 1 fully saturated rings. The molecule has 1 heterocycles. The molecule has 2 heteroatoms. The molecule has 98 valence electrons. The van der Waals surface area contributed by atoms with Gasteiger partial charge >= 0.3 is 0 Å². The molecule has 1 aromatic carbocycles. The van der Waals surface area contributed by atoms with E-state index in [4.69, 9.17) is 0 Å². The molecule has 1 saturated carbocycles. The van der Waals surface area contributed by atoms with E-state index < -0.39 is 6.10 Å². The van der Waals surface area contributed by atoms with Crippen molar-refractivity contribution in [1.29, 1.82) is 0 Å². The summed E-state index contributed by atoms with van der Waals surface area (Å²) in [6.07, 6.45) is 3.33. The van der Waals surface area contributed by atoms with Crippen LogP contribution in [-0.2, 0) is 6.42 Å². The predicted octanol–water partition coefficient (Wildman–Crippen LogP) is 3.48. The van der Waals surface area contributed by atoms with Crippen LogP contribution < -0.4 is 0 Å². The van der Waals surface area contributed by atoms with Crippen molar-refractivity contribution in [2.75, 3.05) is 0 Å². The molecule has 3 rings (SSSR count). The van der Waals surface area contributed by atoms with Gasteiger partial charge in [-0.25, -0.2) is 0 Å². The van der Waals surface area contributed by atoms with E-state index in [-0.39, 0.29) is 0 Å². The van der Waals surface area contributed by atoms with E-state index in [1.54, 1.807) is 6.20 Å².